The van der Waals surface area contributed by atoms with Gasteiger partial charge in [0.2, 0.25) is 5.82 Å². The first kappa shape index (κ1) is 12.7. The van der Waals surface area contributed by atoms with Gasteiger partial charge in [0.1, 0.15) is 0 Å². The van der Waals surface area contributed by atoms with Gasteiger partial charge >= 0.3 is 0 Å². The lowest BCUT2D eigenvalue weighted by Gasteiger charge is -2.03. The first-order chi connectivity index (χ1) is 9.65. The summed E-state index contributed by atoms with van der Waals surface area (Å²) in [6, 6.07) is 13.0. The van der Waals surface area contributed by atoms with E-state index in [1.807, 2.05) is 37.3 Å². The van der Waals surface area contributed by atoms with Gasteiger partial charge in [-0.2, -0.15) is 4.98 Å². The van der Waals surface area contributed by atoms with Crippen LogP contribution < -0.4 is 5.73 Å². The normalized spacial score (nSPS) is 10.7. The van der Waals surface area contributed by atoms with Gasteiger partial charge in [-0.1, -0.05) is 41.0 Å². The summed E-state index contributed by atoms with van der Waals surface area (Å²) in [7, 11) is 0. The molecule has 2 N–H and O–H groups in total. The Hall–Kier alpha value is -2.33. The van der Waals surface area contributed by atoms with Crippen LogP contribution in [0.2, 0.25) is 5.02 Å². The van der Waals surface area contributed by atoms with E-state index in [-0.39, 0.29) is 0 Å². The van der Waals surface area contributed by atoms with Gasteiger partial charge in [-0.25, -0.2) is 0 Å². The molecular formula is C15H12ClN3O. The predicted molar refractivity (Wildman–Crippen MR) is 79.3 cm³/mol. The minimum atomic E-state index is 0.413. The lowest BCUT2D eigenvalue weighted by molar-refractivity contribution is 0.432. The molecule has 0 unspecified atom stereocenters. The molecule has 2 aromatic carbocycles. The van der Waals surface area contributed by atoms with Gasteiger partial charge in [0.25, 0.3) is 5.89 Å². The number of rotatable bonds is 2. The molecule has 1 aromatic heterocycles. The lowest BCUT2D eigenvalue weighted by atomic mass is 10.1. The maximum Gasteiger partial charge on any atom is 0.260 e. The number of aryl methyl sites for hydroxylation is 1. The van der Waals surface area contributed by atoms with Crippen molar-refractivity contribution < 1.29 is 4.52 Å². The number of halogens is 1. The molecule has 0 amide bonds. The van der Waals surface area contributed by atoms with E-state index in [9.17, 15) is 0 Å². The lowest BCUT2D eigenvalue weighted by Crippen LogP contribution is -1.92. The average Bonchev–Trinajstić information content (AvgIpc) is 2.88. The zero-order valence-corrected chi connectivity index (χ0v) is 11.6. The molecule has 100 valence electrons. The Morgan fingerprint density at radius 3 is 2.70 bits per heavy atom. The highest BCUT2D eigenvalue weighted by molar-refractivity contribution is 6.30. The van der Waals surface area contributed by atoms with E-state index in [4.69, 9.17) is 21.9 Å². The highest BCUT2D eigenvalue weighted by atomic mass is 35.5. The number of anilines is 1. The molecule has 5 heteroatoms. The largest absolute Gasteiger partial charge is 0.398 e. The Labute approximate surface area is 121 Å². The Morgan fingerprint density at radius 1 is 1.15 bits per heavy atom. The number of hydrogen-bond acceptors (Lipinski definition) is 4. The first-order valence-corrected chi connectivity index (χ1v) is 6.48. The molecule has 20 heavy (non-hydrogen) atoms. The van der Waals surface area contributed by atoms with Crippen LogP contribution in [0.4, 0.5) is 5.69 Å². The Bertz CT molecular complexity index is 747. The summed E-state index contributed by atoms with van der Waals surface area (Å²) >= 11 is 5.96. The van der Waals surface area contributed by atoms with Crippen LogP contribution in [0.5, 0.6) is 0 Å². The fourth-order valence-corrected chi connectivity index (χ4v) is 2.24. The van der Waals surface area contributed by atoms with Gasteiger partial charge in [0.05, 0.1) is 5.56 Å². The molecule has 0 aliphatic carbocycles. The molecule has 0 aliphatic heterocycles. The van der Waals surface area contributed by atoms with Crippen LogP contribution >= 0.6 is 11.6 Å². The fraction of sp³-hybridized carbons (Fsp3) is 0.0667. The van der Waals surface area contributed by atoms with Gasteiger partial charge in [0.15, 0.2) is 0 Å². The van der Waals surface area contributed by atoms with Crippen molar-refractivity contribution in [2.75, 3.05) is 5.73 Å². The van der Waals surface area contributed by atoms with Gasteiger partial charge in [-0.05, 0) is 30.7 Å². The molecule has 0 atom stereocenters. The summed E-state index contributed by atoms with van der Waals surface area (Å²) in [6.45, 7) is 1.95. The van der Waals surface area contributed by atoms with Crippen molar-refractivity contribution in [2.24, 2.45) is 0 Å². The molecule has 0 fully saturated rings. The zero-order chi connectivity index (χ0) is 14.1. The molecule has 0 spiro atoms. The summed E-state index contributed by atoms with van der Waals surface area (Å²) in [5, 5.41) is 4.61. The maximum absolute atomic E-state index is 5.98. The average molecular weight is 286 g/mol. The van der Waals surface area contributed by atoms with Crippen molar-refractivity contribution >= 4 is 17.3 Å². The molecule has 0 radical (unpaired) electrons. The molecule has 3 rings (SSSR count). The summed E-state index contributed by atoms with van der Waals surface area (Å²) in [6.07, 6.45) is 0. The third-order valence-electron chi connectivity index (χ3n) is 3.03. The number of nitrogen functional groups attached to an aromatic ring is 1. The van der Waals surface area contributed by atoms with Crippen LogP contribution in [0.15, 0.2) is 47.0 Å². The second-order valence-corrected chi connectivity index (χ2v) is 4.91. The summed E-state index contributed by atoms with van der Waals surface area (Å²) < 4.78 is 5.32. The standard InChI is InChI=1S/C15H12ClN3O/c1-9-4-2-7-12(17)13(9)15-18-14(19-20-15)10-5-3-6-11(16)8-10/h2-8H,17H2,1H3. The zero-order valence-electron chi connectivity index (χ0n) is 10.8. The summed E-state index contributed by atoms with van der Waals surface area (Å²) in [5.41, 5.74) is 9.16. The fourth-order valence-electron chi connectivity index (χ4n) is 2.05. The van der Waals surface area contributed by atoms with E-state index in [2.05, 4.69) is 10.1 Å². The number of nitrogens with two attached hydrogens (primary N) is 1. The minimum Gasteiger partial charge on any atom is -0.398 e. The second kappa shape index (κ2) is 4.98. The van der Waals surface area contributed by atoms with Crippen LogP contribution in [0.3, 0.4) is 0 Å². The van der Waals surface area contributed by atoms with Crippen LogP contribution in [0, 0.1) is 6.92 Å². The number of benzene rings is 2. The van der Waals surface area contributed by atoms with E-state index >= 15 is 0 Å². The Morgan fingerprint density at radius 2 is 1.95 bits per heavy atom. The van der Waals surface area contributed by atoms with Crippen molar-refractivity contribution in [3.8, 4) is 22.8 Å². The number of nitrogens with zero attached hydrogens (tertiary/aromatic N) is 2. The van der Waals surface area contributed by atoms with Crippen LogP contribution in [-0.4, -0.2) is 10.1 Å². The second-order valence-electron chi connectivity index (χ2n) is 4.47. The van der Waals surface area contributed by atoms with Crippen LogP contribution in [0.1, 0.15) is 5.56 Å². The highest BCUT2D eigenvalue weighted by Gasteiger charge is 2.15. The van der Waals surface area contributed by atoms with Gasteiger partial charge in [-0.15, -0.1) is 0 Å². The van der Waals surface area contributed by atoms with Crippen LogP contribution in [0.25, 0.3) is 22.8 Å². The third-order valence-corrected chi connectivity index (χ3v) is 3.26. The molecule has 1 heterocycles. The Kier molecular flexibility index (Phi) is 3.16. The SMILES string of the molecule is Cc1cccc(N)c1-c1nc(-c2cccc(Cl)c2)no1. The molecule has 3 aromatic rings. The molecule has 0 saturated carbocycles. The maximum atomic E-state index is 5.98. The van der Waals surface area contributed by atoms with Crippen molar-refractivity contribution in [3.63, 3.8) is 0 Å². The van der Waals surface area contributed by atoms with Crippen molar-refractivity contribution in [1.82, 2.24) is 10.1 Å². The minimum absolute atomic E-state index is 0.413. The molecular weight excluding hydrogens is 274 g/mol. The van der Waals surface area contributed by atoms with Gasteiger partial charge < -0.3 is 10.3 Å². The van der Waals surface area contributed by atoms with Crippen molar-refractivity contribution in [3.05, 3.63) is 53.1 Å². The first-order valence-electron chi connectivity index (χ1n) is 6.10. The quantitative estimate of drug-likeness (QED) is 0.724. The van der Waals surface area contributed by atoms with E-state index in [0.29, 0.717) is 22.4 Å². The van der Waals surface area contributed by atoms with Gasteiger partial charge in [-0.3, -0.25) is 0 Å². The van der Waals surface area contributed by atoms with Crippen molar-refractivity contribution in [2.45, 2.75) is 6.92 Å². The summed E-state index contributed by atoms with van der Waals surface area (Å²) in [5.74, 6) is 0.903. The Balaban J connectivity index is 2.07. The molecule has 0 aliphatic rings. The topological polar surface area (TPSA) is 64.9 Å². The van der Waals surface area contributed by atoms with Crippen molar-refractivity contribution in [1.29, 1.82) is 0 Å². The molecule has 4 nitrogen and oxygen atoms in total. The number of hydrogen-bond donors (Lipinski definition) is 1. The predicted octanol–water partition coefficient (Wildman–Crippen LogP) is 3.95. The number of aromatic nitrogens is 2. The highest BCUT2D eigenvalue weighted by Crippen LogP contribution is 2.30. The molecule has 0 saturated heterocycles. The monoisotopic (exact) mass is 285 g/mol. The van der Waals surface area contributed by atoms with Gasteiger partial charge in [0, 0.05) is 16.3 Å². The molecule has 0 bridgehead atoms. The summed E-state index contributed by atoms with van der Waals surface area (Å²) in [4.78, 5) is 4.40. The smallest absolute Gasteiger partial charge is 0.260 e. The third kappa shape index (κ3) is 2.26. The van der Waals surface area contributed by atoms with E-state index in [0.717, 1.165) is 16.7 Å². The van der Waals surface area contributed by atoms with E-state index in [1.165, 1.54) is 0 Å². The van der Waals surface area contributed by atoms with E-state index in [1.54, 1.807) is 12.1 Å². The van der Waals surface area contributed by atoms with E-state index < -0.39 is 0 Å². The van der Waals surface area contributed by atoms with Crippen LogP contribution in [-0.2, 0) is 0 Å².